The summed E-state index contributed by atoms with van der Waals surface area (Å²) >= 11 is 0. The summed E-state index contributed by atoms with van der Waals surface area (Å²) in [7, 11) is 1.81. The first-order chi connectivity index (χ1) is 10.6. The summed E-state index contributed by atoms with van der Waals surface area (Å²) in [6, 6.07) is 7.50. The van der Waals surface area contributed by atoms with E-state index in [0.29, 0.717) is 17.4 Å². The molecule has 1 aliphatic heterocycles. The van der Waals surface area contributed by atoms with Gasteiger partial charge in [-0.05, 0) is 45.0 Å². The van der Waals surface area contributed by atoms with Crippen molar-refractivity contribution in [2.45, 2.75) is 25.7 Å². The number of hydrogen-bond donors (Lipinski definition) is 2. The zero-order valence-electron chi connectivity index (χ0n) is 13.0. The average molecular weight is 299 g/mol. The fraction of sp³-hybridized carbons (Fsp3) is 0.438. The largest absolute Gasteiger partial charge is 0.317 e. The lowest BCUT2D eigenvalue weighted by molar-refractivity contribution is 0.102. The molecule has 0 atom stereocenters. The maximum absolute atomic E-state index is 12.3. The summed E-state index contributed by atoms with van der Waals surface area (Å²) < 4.78 is 1.64. The molecule has 0 spiro atoms. The molecule has 22 heavy (non-hydrogen) atoms. The topological polar surface area (TPSA) is 71.8 Å². The second-order valence-electron chi connectivity index (χ2n) is 5.77. The number of aromatic nitrogens is 3. The predicted octanol–water partition coefficient (Wildman–Crippen LogP) is 1.84. The Morgan fingerprint density at radius 2 is 2.14 bits per heavy atom. The van der Waals surface area contributed by atoms with Crippen LogP contribution in [-0.2, 0) is 7.05 Å². The molecule has 2 N–H and O–H groups in total. The second kappa shape index (κ2) is 6.27. The van der Waals surface area contributed by atoms with Crippen molar-refractivity contribution in [1.29, 1.82) is 0 Å². The average Bonchev–Trinajstić information content (AvgIpc) is 2.89. The van der Waals surface area contributed by atoms with Crippen molar-refractivity contribution in [1.82, 2.24) is 20.1 Å². The summed E-state index contributed by atoms with van der Waals surface area (Å²) in [5, 5.41) is 10.6. The van der Waals surface area contributed by atoms with E-state index in [9.17, 15) is 4.79 Å². The molecule has 1 amide bonds. The van der Waals surface area contributed by atoms with Crippen molar-refractivity contribution in [3.63, 3.8) is 0 Å². The zero-order valence-corrected chi connectivity index (χ0v) is 13.0. The molecule has 0 unspecified atom stereocenters. The molecule has 1 fully saturated rings. The fourth-order valence-corrected chi connectivity index (χ4v) is 2.73. The summed E-state index contributed by atoms with van der Waals surface area (Å²) in [5.41, 5.74) is 1.69. The van der Waals surface area contributed by atoms with Gasteiger partial charge < -0.3 is 5.32 Å². The van der Waals surface area contributed by atoms with Crippen LogP contribution in [0.4, 0.5) is 5.95 Å². The molecule has 1 aromatic heterocycles. The van der Waals surface area contributed by atoms with E-state index in [1.165, 1.54) is 0 Å². The monoisotopic (exact) mass is 299 g/mol. The number of nitrogens with one attached hydrogen (secondary N) is 2. The third-order valence-electron chi connectivity index (χ3n) is 3.99. The first-order valence-corrected chi connectivity index (χ1v) is 7.63. The van der Waals surface area contributed by atoms with Gasteiger partial charge in [0, 0.05) is 18.5 Å². The molecule has 1 saturated heterocycles. The molecule has 1 aliphatic rings. The number of carbonyl (C=O) groups excluding carboxylic acids is 1. The molecule has 6 heteroatoms. The van der Waals surface area contributed by atoms with Crippen LogP contribution in [0.2, 0.25) is 0 Å². The van der Waals surface area contributed by atoms with Gasteiger partial charge in [0.2, 0.25) is 5.95 Å². The summed E-state index contributed by atoms with van der Waals surface area (Å²) in [6.45, 7) is 3.95. The standard InChI is InChI=1S/C16H21N5O/c1-11-4-3-5-13(10-11)15(22)19-16-18-14(20-21(16)2)12-6-8-17-9-7-12/h3-5,10,12,17H,6-9H2,1-2H3,(H,18,19,20,22). The van der Waals surface area contributed by atoms with Gasteiger partial charge in [-0.3, -0.25) is 10.1 Å². The van der Waals surface area contributed by atoms with Gasteiger partial charge in [-0.2, -0.15) is 10.1 Å². The Hall–Kier alpha value is -2.21. The van der Waals surface area contributed by atoms with E-state index in [1.807, 2.05) is 32.2 Å². The number of rotatable bonds is 3. The summed E-state index contributed by atoms with van der Waals surface area (Å²) in [4.78, 5) is 16.8. The number of nitrogens with zero attached hydrogens (tertiary/aromatic N) is 3. The van der Waals surface area contributed by atoms with E-state index in [0.717, 1.165) is 37.3 Å². The number of benzene rings is 1. The van der Waals surface area contributed by atoms with E-state index in [2.05, 4.69) is 20.7 Å². The molecular formula is C16H21N5O. The van der Waals surface area contributed by atoms with Crippen LogP contribution in [0.1, 0.15) is 40.5 Å². The lowest BCUT2D eigenvalue weighted by atomic mass is 9.98. The summed E-state index contributed by atoms with van der Waals surface area (Å²) in [6.07, 6.45) is 2.07. The summed E-state index contributed by atoms with van der Waals surface area (Å²) in [5.74, 6) is 1.54. The number of hydrogen-bond acceptors (Lipinski definition) is 4. The van der Waals surface area contributed by atoms with Crippen molar-refractivity contribution in [2.75, 3.05) is 18.4 Å². The van der Waals surface area contributed by atoms with Crippen LogP contribution >= 0.6 is 0 Å². The Bertz CT molecular complexity index is 673. The Kier molecular flexibility index (Phi) is 4.20. The highest BCUT2D eigenvalue weighted by atomic mass is 16.1. The third kappa shape index (κ3) is 3.17. The SMILES string of the molecule is Cc1cccc(C(=O)Nc2nc(C3CCNCC3)nn2C)c1. The van der Waals surface area contributed by atoms with Crippen LogP contribution in [-0.4, -0.2) is 33.8 Å². The highest BCUT2D eigenvalue weighted by molar-refractivity contribution is 6.03. The van der Waals surface area contributed by atoms with Gasteiger partial charge >= 0.3 is 0 Å². The van der Waals surface area contributed by atoms with Gasteiger partial charge in [0.25, 0.3) is 5.91 Å². The van der Waals surface area contributed by atoms with Crippen molar-refractivity contribution in [3.05, 3.63) is 41.2 Å². The molecule has 2 aromatic rings. The Morgan fingerprint density at radius 3 is 2.86 bits per heavy atom. The van der Waals surface area contributed by atoms with Crippen molar-refractivity contribution >= 4 is 11.9 Å². The minimum absolute atomic E-state index is 0.156. The number of amides is 1. The van der Waals surface area contributed by atoms with Gasteiger partial charge in [0.05, 0.1) is 0 Å². The smallest absolute Gasteiger partial charge is 0.258 e. The lowest BCUT2D eigenvalue weighted by Crippen LogP contribution is -2.27. The van der Waals surface area contributed by atoms with Crippen LogP contribution in [0, 0.1) is 6.92 Å². The van der Waals surface area contributed by atoms with E-state index >= 15 is 0 Å². The quantitative estimate of drug-likeness (QED) is 0.907. The molecule has 0 radical (unpaired) electrons. The lowest BCUT2D eigenvalue weighted by Gasteiger charge is -2.19. The fourth-order valence-electron chi connectivity index (χ4n) is 2.73. The van der Waals surface area contributed by atoms with Gasteiger partial charge in [0.1, 0.15) is 0 Å². The molecule has 2 heterocycles. The van der Waals surface area contributed by atoms with Crippen molar-refractivity contribution in [3.8, 4) is 0 Å². The van der Waals surface area contributed by atoms with Crippen LogP contribution < -0.4 is 10.6 Å². The molecule has 116 valence electrons. The van der Waals surface area contributed by atoms with E-state index in [4.69, 9.17) is 0 Å². The molecular weight excluding hydrogens is 278 g/mol. The molecule has 0 bridgehead atoms. The van der Waals surface area contributed by atoms with Gasteiger partial charge in [-0.25, -0.2) is 4.68 Å². The van der Waals surface area contributed by atoms with Crippen LogP contribution in [0.25, 0.3) is 0 Å². The highest BCUT2D eigenvalue weighted by Gasteiger charge is 2.21. The number of anilines is 1. The second-order valence-corrected chi connectivity index (χ2v) is 5.77. The van der Waals surface area contributed by atoms with Gasteiger partial charge in [-0.1, -0.05) is 17.7 Å². The number of aryl methyl sites for hydroxylation is 2. The zero-order chi connectivity index (χ0) is 15.5. The first kappa shape index (κ1) is 14.7. The number of carbonyl (C=O) groups is 1. The molecule has 0 aliphatic carbocycles. The molecule has 0 saturated carbocycles. The highest BCUT2D eigenvalue weighted by Crippen LogP contribution is 2.23. The maximum Gasteiger partial charge on any atom is 0.258 e. The van der Waals surface area contributed by atoms with Gasteiger partial charge in [0.15, 0.2) is 5.82 Å². The van der Waals surface area contributed by atoms with E-state index in [1.54, 1.807) is 10.7 Å². The van der Waals surface area contributed by atoms with Gasteiger partial charge in [-0.15, -0.1) is 0 Å². The molecule has 6 nitrogen and oxygen atoms in total. The van der Waals surface area contributed by atoms with Crippen LogP contribution in [0.5, 0.6) is 0 Å². The minimum Gasteiger partial charge on any atom is -0.317 e. The third-order valence-corrected chi connectivity index (χ3v) is 3.99. The predicted molar refractivity (Wildman–Crippen MR) is 85.0 cm³/mol. The Balaban J connectivity index is 1.75. The minimum atomic E-state index is -0.156. The molecule has 1 aromatic carbocycles. The molecule has 3 rings (SSSR count). The van der Waals surface area contributed by atoms with E-state index in [-0.39, 0.29) is 5.91 Å². The number of piperidine rings is 1. The normalized spacial score (nSPS) is 15.7. The van der Waals surface area contributed by atoms with E-state index < -0.39 is 0 Å². The van der Waals surface area contributed by atoms with Crippen molar-refractivity contribution < 1.29 is 4.79 Å². The van der Waals surface area contributed by atoms with Crippen molar-refractivity contribution in [2.24, 2.45) is 7.05 Å². The maximum atomic E-state index is 12.3. The van der Waals surface area contributed by atoms with Crippen LogP contribution in [0.3, 0.4) is 0 Å². The Labute approximate surface area is 129 Å². The Morgan fingerprint density at radius 1 is 1.36 bits per heavy atom. The van der Waals surface area contributed by atoms with Crippen LogP contribution in [0.15, 0.2) is 24.3 Å². The first-order valence-electron chi connectivity index (χ1n) is 7.63.